The summed E-state index contributed by atoms with van der Waals surface area (Å²) < 4.78 is 19.4. The molecule has 2 N–H and O–H groups in total. The number of pyridine rings is 1. The molecule has 0 fully saturated rings. The molecule has 0 radical (unpaired) electrons. The summed E-state index contributed by atoms with van der Waals surface area (Å²) in [6.07, 6.45) is 1.68. The molecule has 0 spiro atoms. The van der Waals surface area contributed by atoms with Gasteiger partial charge < -0.3 is 10.5 Å². The van der Waals surface area contributed by atoms with Crippen LogP contribution in [0.5, 0.6) is 11.5 Å². The molecule has 0 bridgehead atoms. The van der Waals surface area contributed by atoms with Crippen molar-refractivity contribution in [3.63, 3.8) is 0 Å². The Labute approximate surface area is 105 Å². The Morgan fingerprint density at radius 2 is 1.94 bits per heavy atom. The largest absolute Gasteiger partial charge is 0.455 e. The predicted molar refractivity (Wildman–Crippen MR) is 68.1 cm³/mol. The second-order valence-electron chi connectivity index (χ2n) is 4.13. The van der Waals surface area contributed by atoms with Gasteiger partial charge in [-0.1, -0.05) is 6.07 Å². The number of aryl methyl sites for hydroxylation is 1. The normalized spacial score (nSPS) is 12.2. The van der Waals surface area contributed by atoms with Gasteiger partial charge >= 0.3 is 0 Å². The first-order chi connectivity index (χ1) is 8.59. The van der Waals surface area contributed by atoms with Crippen LogP contribution in [-0.4, -0.2) is 4.98 Å². The van der Waals surface area contributed by atoms with E-state index >= 15 is 0 Å². The third-order valence-electron chi connectivity index (χ3n) is 2.65. The van der Waals surface area contributed by atoms with Crippen LogP contribution in [0.15, 0.2) is 36.5 Å². The Balaban J connectivity index is 2.41. The van der Waals surface area contributed by atoms with E-state index in [9.17, 15) is 4.39 Å². The molecule has 94 valence electrons. The molecular formula is C14H15FN2O. The molecule has 1 aromatic heterocycles. The van der Waals surface area contributed by atoms with Crippen LogP contribution in [-0.2, 0) is 0 Å². The molecule has 0 aliphatic rings. The zero-order valence-electron chi connectivity index (χ0n) is 10.4. The van der Waals surface area contributed by atoms with Crippen LogP contribution in [0, 0.1) is 12.7 Å². The first-order valence-corrected chi connectivity index (χ1v) is 5.73. The van der Waals surface area contributed by atoms with Gasteiger partial charge in [-0.3, -0.25) is 4.98 Å². The Hall–Kier alpha value is -1.94. The maximum Gasteiger partial charge on any atom is 0.148 e. The van der Waals surface area contributed by atoms with E-state index in [1.54, 1.807) is 37.4 Å². The highest BCUT2D eigenvalue weighted by molar-refractivity contribution is 5.41. The molecule has 0 amide bonds. The van der Waals surface area contributed by atoms with E-state index in [2.05, 4.69) is 4.98 Å². The fourth-order valence-electron chi connectivity index (χ4n) is 1.74. The van der Waals surface area contributed by atoms with Crippen molar-refractivity contribution in [2.75, 3.05) is 0 Å². The van der Waals surface area contributed by atoms with Gasteiger partial charge in [-0.25, -0.2) is 4.39 Å². The van der Waals surface area contributed by atoms with Crippen molar-refractivity contribution in [1.29, 1.82) is 0 Å². The molecule has 18 heavy (non-hydrogen) atoms. The topological polar surface area (TPSA) is 48.1 Å². The molecule has 0 aliphatic carbocycles. The van der Waals surface area contributed by atoms with E-state index in [1.807, 2.05) is 6.92 Å². The number of hydrogen-bond donors (Lipinski definition) is 1. The molecular weight excluding hydrogens is 231 g/mol. The minimum absolute atomic E-state index is 0.357. The first kappa shape index (κ1) is 12.5. The second kappa shape index (κ2) is 5.14. The van der Waals surface area contributed by atoms with E-state index in [-0.39, 0.29) is 5.82 Å². The highest BCUT2D eigenvalue weighted by atomic mass is 19.1. The Morgan fingerprint density at radius 1 is 1.22 bits per heavy atom. The smallest absolute Gasteiger partial charge is 0.148 e. The summed E-state index contributed by atoms with van der Waals surface area (Å²) in [6.45, 7) is 3.56. The molecule has 0 aliphatic heterocycles. The maximum absolute atomic E-state index is 13.7. The average molecular weight is 246 g/mol. The lowest BCUT2D eigenvalue weighted by Gasteiger charge is -2.15. The van der Waals surface area contributed by atoms with Gasteiger partial charge in [-0.15, -0.1) is 0 Å². The lowest BCUT2D eigenvalue weighted by Crippen LogP contribution is -2.09. The van der Waals surface area contributed by atoms with Crippen LogP contribution in [0.2, 0.25) is 0 Å². The number of nitrogens with zero attached hydrogens (tertiary/aromatic N) is 1. The lowest BCUT2D eigenvalue weighted by molar-refractivity contribution is 0.455. The van der Waals surface area contributed by atoms with Crippen LogP contribution < -0.4 is 10.5 Å². The fourth-order valence-corrected chi connectivity index (χ4v) is 1.74. The van der Waals surface area contributed by atoms with Gasteiger partial charge in [0.1, 0.15) is 17.3 Å². The molecule has 0 saturated carbocycles. The van der Waals surface area contributed by atoms with Crippen LogP contribution >= 0.6 is 0 Å². The second-order valence-corrected chi connectivity index (χ2v) is 4.13. The molecule has 2 rings (SSSR count). The van der Waals surface area contributed by atoms with E-state index < -0.39 is 6.04 Å². The summed E-state index contributed by atoms with van der Waals surface area (Å²) >= 11 is 0. The quantitative estimate of drug-likeness (QED) is 0.903. The van der Waals surface area contributed by atoms with E-state index in [0.717, 1.165) is 5.69 Å². The Bertz CT molecular complexity index is 555. The monoisotopic (exact) mass is 246 g/mol. The van der Waals surface area contributed by atoms with Crippen LogP contribution in [0.1, 0.15) is 24.2 Å². The van der Waals surface area contributed by atoms with Crippen molar-refractivity contribution in [2.24, 2.45) is 5.73 Å². The SMILES string of the molecule is Cc1ncccc1Oc1cccc(F)c1[C@H](C)N. The first-order valence-electron chi connectivity index (χ1n) is 5.73. The van der Waals surface area contributed by atoms with Crippen molar-refractivity contribution < 1.29 is 9.13 Å². The summed E-state index contributed by atoms with van der Waals surface area (Å²) in [5.74, 6) is 0.676. The van der Waals surface area contributed by atoms with Gasteiger partial charge in [-0.05, 0) is 38.1 Å². The molecule has 1 atom stereocenters. The fraction of sp³-hybridized carbons (Fsp3) is 0.214. The van der Waals surface area contributed by atoms with Crippen LogP contribution in [0.25, 0.3) is 0 Å². The third-order valence-corrected chi connectivity index (χ3v) is 2.65. The van der Waals surface area contributed by atoms with E-state index in [0.29, 0.717) is 17.1 Å². The summed E-state index contributed by atoms with van der Waals surface area (Å²) in [5.41, 5.74) is 6.89. The van der Waals surface area contributed by atoms with Crippen molar-refractivity contribution in [1.82, 2.24) is 4.98 Å². The van der Waals surface area contributed by atoms with Gasteiger partial charge in [-0.2, -0.15) is 0 Å². The van der Waals surface area contributed by atoms with Crippen LogP contribution in [0.3, 0.4) is 0 Å². The van der Waals surface area contributed by atoms with Gasteiger partial charge in [0.05, 0.1) is 5.69 Å². The van der Waals surface area contributed by atoms with Crippen molar-refractivity contribution in [2.45, 2.75) is 19.9 Å². The van der Waals surface area contributed by atoms with Crippen molar-refractivity contribution >= 4 is 0 Å². The van der Waals surface area contributed by atoms with Gasteiger partial charge in [0.2, 0.25) is 0 Å². The highest BCUT2D eigenvalue weighted by Crippen LogP contribution is 2.31. The number of halogens is 1. The molecule has 1 heterocycles. The molecule has 2 aromatic rings. The Morgan fingerprint density at radius 3 is 2.61 bits per heavy atom. The summed E-state index contributed by atoms with van der Waals surface area (Å²) in [6, 6.07) is 7.81. The van der Waals surface area contributed by atoms with E-state index in [1.165, 1.54) is 6.07 Å². The number of aromatic nitrogens is 1. The lowest BCUT2D eigenvalue weighted by atomic mass is 10.1. The number of ether oxygens (including phenoxy) is 1. The Kier molecular flexibility index (Phi) is 3.58. The summed E-state index contributed by atoms with van der Waals surface area (Å²) in [4.78, 5) is 4.12. The number of nitrogens with two attached hydrogens (primary N) is 1. The van der Waals surface area contributed by atoms with Crippen molar-refractivity contribution in [3.05, 3.63) is 53.6 Å². The summed E-state index contributed by atoms with van der Waals surface area (Å²) in [7, 11) is 0. The summed E-state index contributed by atoms with van der Waals surface area (Å²) in [5, 5.41) is 0. The van der Waals surface area contributed by atoms with Gasteiger partial charge in [0, 0.05) is 17.8 Å². The highest BCUT2D eigenvalue weighted by Gasteiger charge is 2.14. The predicted octanol–water partition coefficient (Wildman–Crippen LogP) is 3.34. The zero-order valence-corrected chi connectivity index (χ0v) is 10.4. The molecule has 0 unspecified atom stereocenters. The average Bonchev–Trinajstić information content (AvgIpc) is 2.31. The van der Waals surface area contributed by atoms with Crippen molar-refractivity contribution in [3.8, 4) is 11.5 Å². The standard InChI is InChI=1S/C14H15FN2O/c1-9(16)14-11(15)5-3-6-13(14)18-12-7-4-8-17-10(12)2/h3-9H,16H2,1-2H3/t9-/m0/s1. The zero-order chi connectivity index (χ0) is 13.1. The minimum Gasteiger partial charge on any atom is -0.455 e. The number of hydrogen-bond acceptors (Lipinski definition) is 3. The maximum atomic E-state index is 13.7. The van der Waals surface area contributed by atoms with Gasteiger partial charge in [0.25, 0.3) is 0 Å². The third kappa shape index (κ3) is 2.49. The molecule has 3 nitrogen and oxygen atoms in total. The van der Waals surface area contributed by atoms with Gasteiger partial charge in [0.15, 0.2) is 0 Å². The molecule has 4 heteroatoms. The number of benzene rings is 1. The molecule has 0 saturated heterocycles. The minimum atomic E-state index is -0.432. The van der Waals surface area contributed by atoms with E-state index in [4.69, 9.17) is 10.5 Å². The van der Waals surface area contributed by atoms with Crippen LogP contribution in [0.4, 0.5) is 4.39 Å². The number of rotatable bonds is 3. The molecule has 1 aromatic carbocycles.